The number of carbonyl (C=O) groups is 3. The summed E-state index contributed by atoms with van der Waals surface area (Å²) in [7, 11) is 2.05. The van der Waals surface area contributed by atoms with Gasteiger partial charge in [0.05, 0.1) is 18.0 Å². The maximum Gasteiger partial charge on any atom is 0.416 e. The number of likely N-dealkylation sites (tertiary alicyclic amines) is 1. The largest absolute Gasteiger partial charge is 0.416 e. The molecule has 0 radical (unpaired) electrons. The maximum absolute atomic E-state index is 13.3. The van der Waals surface area contributed by atoms with Gasteiger partial charge in [-0.3, -0.25) is 14.4 Å². The molecule has 3 amide bonds. The number of halogens is 3. The number of benzene rings is 1. The highest BCUT2D eigenvalue weighted by atomic mass is 19.4. The molecule has 1 heterocycles. The fraction of sp³-hybridized carbons (Fsp3) is 0.640. The second-order valence-electron chi connectivity index (χ2n) is 9.80. The number of rotatable bonds is 7. The van der Waals surface area contributed by atoms with Gasteiger partial charge in [-0.15, -0.1) is 0 Å². The summed E-state index contributed by atoms with van der Waals surface area (Å²) in [6, 6.07) is 4.27. The van der Waals surface area contributed by atoms with Gasteiger partial charge in [0, 0.05) is 36.8 Å². The zero-order valence-corrected chi connectivity index (χ0v) is 20.5. The van der Waals surface area contributed by atoms with Crippen LogP contribution >= 0.6 is 0 Å². The van der Waals surface area contributed by atoms with Crippen molar-refractivity contribution in [3.05, 3.63) is 35.4 Å². The van der Waals surface area contributed by atoms with Crippen LogP contribution in [0.25, 0.3) is 0 Å². The number of amides is 3. The molecule has 0 unspecified atom stereocenters. The Kier molecular flexibility index (Phi) is 8.79. The molecule has 1 aliphatic carbocycles. The minimum absolute atomic E-state index is 0.0580. The van der Waals surface area contributed by atoms with E-state index in [9.17, 15) is 27.6 Å². The number of nitrogens with zero attached hydrogens (tertiary/aromatic N) is 2. The first kappa shape index (κ1) is 27.0. The Labute approximate surface area is 204 Å². The summed E-state index contributed by atoms with van der Waals surface area (Å²) in [5.41, 5.74) is -1.10. The summed E-state index contributed by atoms with van der Waals surface area (Å²) < 4.78 is 38.7. The van der Waals surface area contributed by atoms with E-state index in [1.807, 2.05) is 4.90 Å². The molecule has 10 heteroatoms. The van der Waals surface area contributed by atoms with Crippen LogP contribution in [0.3, 0.4) is 0 Å². The predicted molar refractivity (Wildman–Crippen MR) is 126 cm³/mol. The highest BCUT2D eigenvalue weighted by Gasteiger charge is 2.40. The first-order valence-electron chi connectivity index (χ1n) is 12.2. The van der Waals surface area contributed by atoms with Gasteiger partial charge in [-0.25, -0.2) is 0 Å². The lowest BCUT2D eigenvalue weighted by Crippen LogP contribution is -2.55. The van der Waals surface area contributed by atoms with Crippen molar-refractivity contribution in [1.82, 2.24) is 20.4 Å². The van der Waals surface area contributed by atoms with Crippen molar-refractivity contribution in [2.45, 2.75) is 70.3 Å². The molecule has 7 nitrogen and oxygen atoms in total. The van der Waals surface area contributed by atoms with E-state index in [1.165, 1.54) is 6.07 Å². The lowest BCUT2D eigenvalue weighted by molar-refractivity contribution is -0.138. The van der Waals surface area contributed by atoms with Crippen molar-refractivity contribution >= 4 is 17.7 Å². The second kappa shape index (κ2) is 11.4. The Bertz CT molecular complexity index is 915. The van der Waals surface area contributed by atoms with Gasteiger partial charge in [-0.2, -0.15) is 13.2 Å². The molecule has 1 aliphatic heterocycles. The Morgan fingerprint density at radius 1 is 1.14 bits per heavy atom. The summed E-state index contributed by atoms with van der Waals surface area (Å²) >= 11 is 0. The molecule has 2 aliphatic rings. The van der Waals surface area contributed by atoms with Crippen LogP contribution < -0.4 is 10.6 Å². The van der Waals surface area contributed by atoms with Gasteiger partial charge in [-0.1, -0.05) is 6.07 Å². The molecule has 1 aromatic carbocycles. The normalized spacial score (nSPS) is 23.0. The number of carbonyl (C=O) groups excluding carboxylic acids is 3. The van der Waals surface area contributed by atoms with Gasteiger partial charge >= 0.3 is 6.18 Å². The molecule has 1 aromatic rings. The molecule has 1 saturated carbocycles. The van der Waals surface area contributed by atoms with Crippen molar-refractivity contribution in [3.8, 4) is 0 Å². The fourth-order valence-electron chi connectivity index (χ4n) is 4.91. The first-order valence-corrected chi connectivity index (χ1v) is 12.2. The molecule has 3 atom stereocenters. The van der Waals surface area contributed by atoms with Gasteiger partial charge in [0.25, 0.3) is 5.91 Å². The smallest absolute Gasteiger partial charge is 0.351 e. The molecule has 3 rings (SSSR count). The molecule has 2 fully saturated rings. The summed E-state index contributed by atoms with van der Waals surface area (Å²) in [5.74, 6) is -1.53. The van der Waals surface area contributed by atoms with Gasteiger partial charge in [0.2, 0.25) is 11.8 Å². The third-order valence-electron chi connectivity index (χ3n) is 7.16. The number of hydrogen-bond donors (Lipinski definition) is 2. The van der Waals surface area contributed by atoms with Crippen molar-refractivity contribution in [2.75, 3.05) is 26.7 Å². The quantitative estimate of drug-likeness (QED) is 0.608. The minimum atomic E-state index is -4.56. The van der Waals surface area contributed by atoms with Crippen LogP contribution in [0.1, 0.15) is 61.9 Å². The highest BCUT2D eigenvalue weighted by molar-refractivity contribution is 5.96. The maximum atomic E-state index is 13.3. The van der Waals surface area contributed by atoms with E-state index in [1.54, 1.807) is 0 Å². The molecular weight excluding hydrogens is 461 g/mol. The van der Waals surface area contributed by atoms with Crippen LogP contribution in [0, 0.1) is 5.92 Å². The predicted octanol–water partition coefficient (Wildman–Crippen LogP) is 3.05. The van der Waals surface area contributed by atoms with Gasteiger partial charge in [-0.05, 0) is 71.2 Å². The van der Waals surface area contributed by atoms with E-state index in [-0.39, 0.29) is 36.0 Å². The summed E-state index contributed by atoms with van der Waals surface area (Å²) in [6.45, 7) is 5.30. The third kappa shape index (κ3) is 6.96. The van der Waals surface area contributed by atoms with E-state index in [2.05, 4.69) is 36.4 Å². The van der Waals surface area contributed by atoms with Crippen LogP contribution in [0.2, 0.25) is 0 Å². The monoisotopic (exact) mass is 496 g/mol. The molecule has 0 bridgehead atoms. The lowest BCUT2D eigenvalue weighted by Gasteiger charge is -2.42. The average Bonchev–Trinajstić information content (AvgIpc) is 3.36. The van der Waals surface area contributed by atoms with Crippen molar-refractivity contribution in [1.29, 1.82) is 0 Å². The molecule has 1 saturated heterocycles. The number of alkyl halides is 3. The van der Waals surface area contributed by atoms with E-state index >= 15 is 0 Å². The molecule has 2 N–H and O–H groups in total. The fourth-order valence-corrected chi connectivity index (χ4v) is 4.91. The lowest BCUT2D eigenvalue weighted by atomic mass is 9.79. The molecule has 35 heavy (non-hydrogen) atoms. The minimum Gasteiger partial charge on any atom is -0.351 e. The number of nitrogens with one attached hydrogen (secondary N) is 2. The SMILES string of the molecule is CC(C)N(C)[C@@H]1CC[C@H](NC(=O)CNC(=O)c2cccc(C(F)(F)F)c2)[C@H](C(=O)N2CCCC2)C1. The highest BCUT2D eigenvalue weighted by Crippen LogP contribution is 2.31. The Morgan fingerprint density at radius 3 is 2.46 bits per heavy atom. The third-order valence-corrected chi connectivity index (χ3v) is 7.16. The van der Waals surface area contributed by atoms with Gasteiger partial charge in [0.15, 0.2) is 0 Å². The van der Waals surface area contributed by atoms with Crippen LogP contribution in [0.4, 0.5) is 13.2 Å². The first-order chi connectivity index (χ1) is 16.5. The molecule has 0 aromatic heterocycles. The number of hydrogen-bond acceptors (Lipinski definition) is 4. The van der Waals surface area contributed by atoms with E-state index in [4.69, 9.17) is 0 Å². The molecule has 0 spiro atoms. The summed E-state index contributed by atoms with van der Waals surface area (Å²) in [4.78, 5) is 42.4. The zero-order valence-electron chi connectivity index (χ0n) is 20.5. The van der Waals surface area contributed by atoms with E-state index in [0.29, 0.717) is 18.9 Å². The van der Waals surface area contributed by atoms with Crippen LogP contribution in [-0.4, -0.2) is 72.3 Å². The van der Waals surface area contributed by atoms with E-state index < -0.39 is 23.6 Å². The van der Waals surface area contributed by atoms with E-state index in [0.717, 1.165) is 50.6 Å². The van der Waals surface area contributed by atoms with Gasteiger partial charge < -0.3 is 20.4 Å². The second-order valence-corrected chi connectivity index (χ2v) is 9.80. The topological polar surface area (TPSA) is 81.8 Å². The van der Waals surface area contributed by atoms with Crippen LogP contribution in [0.5, 0.6) is 0 Å². The van der Waals surface area contributed by atoms with Gasteiger partial charge in [0.1, 0.15) is 0 Å². The van der Waals surface area contributed by atoms with Crippen molar-refractivity contribution in [2.24, 2.45) is 5.92 Å². The zero-order chi connectivity index (χ0) is 25.8. The van der Waals surface area contributed by atoms with Crippen LogP contribution in [0.15, 0.2) is 24.3 Å². The standard InChI is InChI=1S/C25H35F3N4O3/c1-16(2)31(3)19-9-10-21(20(14-19)24(35)32-11-4-5-12-32)30-22(33)15-29-23(34)17-7-6-8-18(13-17)25(26,27)28/h6-8,13,16,19-21H,4-5,9-12,14-15H2,1-3H3,(H,29,34)(H,30,33)/t19-,20-,21+/m1/s1. The summed E-state index contributed by atoms with van der Waals surface area (Å²) in [6.07, 6.45) is -0.489. The molecule has 194 valence electrons. The Balaban J connectivity index is 1.62. The van der Waals surface area contributed by atoms with Crippen molar-refractivity contribution < 1.29 is 27.6 Å². The summed E-state index contributed by atoms with van der Waals surface area (Å²) in [5, 5.41) is 5.29. The van der Waals surface area contributed by atoms with Crippen LogP contribution in [-0.2, 0) is 15.8 Å². The van der Waals surface area contributed by atoms with Crippen molar-refractivity contribution in [3.63, 3.8) is 0 Å². The average molecular weight is 497 g/mol. The Morgan fingerprint density at radius 2 is 1.83 bits per heavy atom. The Hall–Kier alpha value is -2.62. The molecular formula is C25H35F3N4O3.